The minimum Gasteiger partial charge on any atom is -0.385 e. The van der Waals surface area contributed by atoms with Gasteiger partial charge in [-0.1, -0.05) is 0 Å². The van der Waals surface area contributed by atoms with Gasteiger partial charge in [0.1, 0.15) is 0 Å². The predicted molar refractivity (Wildman–Crippen MR) is 55.5 cm³/mol. The number of hydrogen-bond acceptors (Lipinski definition) is 4. The Balaban J connectivity index is 2.35. The van der Waals surface area contributed by atoms with Gasteiger partial charge >= 0.3 is 0 Å². The molecule has 0 aliphatic rings. The quantitative estimate of drug-likeness (QED) is 0.417. The van der Waals surface area contributed by atoms with Crippen LogP contribution in [0.5, 0.6) is 0 Å². The van der Waals surface area contributed by atoms with E-state index in [0.717, 1.165) is 19.4 Å². The predicted octanol–water partition coefficient (Wildman–Crippen LogP) is 1.68. The maximum absolute atomic E-state index is 5.46. The van der Waals surface area contributed by atoms with Crippen molar-refractivity contribution in [2.45, 2.75) is 18.9 Å². The summed E-state index contributed by atoms with van der Waals surface area (Å²) in [5, 5.41) is 4.19. The number of hydrogen-bond donors (Lipinski definition) is 2. The monoisotopic (exact) mass is 200 g/mol. The van der Waals surface area contributed by atoms with Crippen LogP contribution in [0.15, 0.2) is 16.8 Å². The normalized spacial score (nSPS) is 13.1. The lowest BCUT2D eigenvalue weighted by atomic mass is 10.1. The third kappa shape index (κ3) is 3.44. The van der Waals surface area contributed by atoms with Crippen molar-refractivity contribution in [2.24, 2.45) is 5.84 Å². The molecule has 0 spiro atoms. The van der Waals surface area contributed by atoms with Crippen LogP contribution in [0.3, 0.4) is 0 Å². The van der Waals surface area contributed by atoms with Crippen LogP contribution >= 0.6 is 11.3 Å². The summed E-state index contributed by atoms with van der Waals surface area (Å²) in [7, 11) is 1.72. The van der Waals surface area contributed by atoms with E-state index in [0.29, 0.717) is 0 Å². The molecule has 0 saturated carbocycles. The number of ether oxygens (including phenoxy) is 1. The second kappa shape index (κ2) is 6.10. The molecule has 1 aromatic heterocycles. The molecule has 74 valence electrons. The highest BCUT2D eigenvalue weighted by molar-refractivity contribution is 7.07. The van der Waals surface area contributed by atoms with Gasteiger partial charge in [-0.15, -0.1) is 0 Å². The third-order valence-electron chi connectivity index (χ3n) is 1.99. The van der Waals surface area contributed by atoms with E-state index in [9.17, 15) is 0 Å². The Morgan fingerprint density at radius 3 is 3.08 bits per heavy atom. The molecule has 3 nitrogen and oxygen atoms in total. The Bertz CT molecular complexity index is 213. The highest BCUT2D eigenvalue weighted by Gasteiger charge is 2.08. The summed E-state index contributed by atoms with van der Waals surface area (Å²) in [5.74, 6) is 5.46. The molecule has 1 aromatic rings. The van der Waals surface area contributed by atoms with Gasteiger partial charge < -0.3 is 4.74 Å². The fourth-order valence-corrected chi connectivity index (χ4v) is 1.97. The van der Waals surface area contributed by atoms with Crippen LogP contribution in [0, 0.1) is 0 Å². The maximum Gasteiger partial charge on any atom is 0.0469 e. The Labute approximate surface area is 82.9 Å². The van der Waals surface area contributed by atoms with E-state index in [1.54, 1.807) is 18.4 Å². The second-order valence-corrected chi connectivity index (χ2v) is 3.69. The average molecular weight is 200 g/mol. The number of rotatable bonds is 6. The molecule has 1 heterocycles. The van der Waals surface area contributed by atoms with E-state index < -0.39 is 0 Å². The molecule has 0 aliphatic heterocycles. The van der Waals surface area contributed by atoms with Crippen LogP contribution in [0.25, 0.3) is 0 Å². The van der Waals surface area contributed by atoms with Crippen molar-refractivity contribution in [1.82, 2.24) is 5.43 Å². The smallest absolute Gasteiger partial charge is 0.0469 e. The Morgan fingerprint density at radius 1 is 1.69 bits per heavy atom. The summed E-state index contributed by atoms with van der Waals surface area (Å²) in [6, 6.07) is 2.36. The fourth-order valence-electron chi connectivity index (χ4n) is 1.25. The molecule has 0 amide bonds. The van der Waals surface area contributed by atoms with Crippen LogP contribution in [0.2, 0.25) is 0 Å². The summed E-state index contributed by atoms with van der Waals surface area (Å²) in [6.45, 7) is 0.794. The second-order valence-electron chi connectivity index (χ2n) is 2.91. The van der Waals surface area contributed by atoms with E-state index >= 15 is 0 Å². The first-order valence-corrected chi connectivity index (χ1v) is 5.30. The molecular weight excluding hydrogens is 184 g/mol. The SMILES string of the molecule is COCCCC(NN)c1ccsc1. The van der Waals surface area contributed by atoms with E-state index in [-0.39, 0.29) is 6.04 Å². The van der Waals surface area contributed by atoms with Gasteiger partial charge in [-0.05, 0) is 35.2 Å². The summed E-state index contributed by atoms with van der Waals surface area (Å²) < 4.78 is 4.99. The van der Waals surface area contributed by atoms with Crippen molar-refractivity contribution in [3.05, 3.63) is 22.4 Å². The van der Waals surface area contributed by atoms with Gasteiger partial charge in [0.2, 0.25) is 0 Å². The van der Waals surface area contributed by atoms with Crippen LogP contribution in [-0.4, -0.2) is 13.7 Å². The molecule has 1 rings (SSSR count). The summed E-state index contributed by atoms with van der Waals surface area (Å²) in [5.41, 5.74) is 4.08. The third-order valence-corrected chi connectivity index (χ3v) is 2.69. The van der Waals surface area contributed by atoms with E-state index in [1.807, 2.05) is 0 Å². The highest BCUT2D eigenvalue weighted by atomic mass is 32.1. The molecule has 0 fully saturated rings. The molecule has 1 unspecified atom stereocenters. The van der Waals surface area contributed by atoms with Gasteiger partial charge in [0.05, 0.1) is 0 Å². The summed E-state index contributed by atoms with van der Waals surface area (Å²) in [6.07, 6.45) is 2.04. The number of nitrogens with one attached hydrogen (secondary N) is 1. The zero-order chi connectivity index (χ0) is 9.52. The highest BCUT2D eigenvalue weighted by Crippen LogP contribution is 2.19. The van der Waals surface area contributed by atoms with Gasteiger partial charge in [-0.3, -0.25) is 11.3 Å². The van der Waals surface area contributed by atoms with E-state index in [1.165, 1.54) is 5.56 Å². The molecule has 4 heteroatoms. The molecule has 0 radical (unpaired) electrons. The van der Waals surface area contributed by atoms with Crippen LogP contribution in [0.4, 0.5) is 0 Å². The first kappa shape index (κ1) is 10.7. The molecule has 0 bridgehead atoms. The first-order valence-electron chi connectivity index (χ1n) is 4.35. The van der Waals surface area contributed by atoms with Gasteiger partial charge in [-0.25, -0.2) is 0 Å². The Hall–Kier alpha value is -0.420. The zero-order valence-corrected chi connectivity index (χ0v) is 8.64. The topological polar surface area (TPSA) is 47.3 Å². The largest absolute Gasteiger partial charge is 0.385 e. The minimum atomic E-state index is 0.265. The molecule has 0 saturated heterocycles. The lowest BCUT2D eigenvalue weighted by Gasteiger charge is -2.13. The molecule has 13 heavy (non-hydrogen) atoms. The molecular formula is C9H16N2OS. The number of nitrogens with two attached hydrogens (primary N) is 1. The fraction of sp³-hybridized carbons (Fsp3) is 0.556. The van der Waals surface area contributed by atoms with Crippen molar-refractivity contribution in [3.8, 4) is 0 Å². The van der Waals surface area contributed by atoms with Gasteiger partial charge in [-0.2, -0.15) is 11.3 Å². The van der Waals surface area contributed by atoms with Crippen LogP contribution < -0.4 is 11.3 Å². The number of hydrazine groups is 1. The summed E-state index contributed by atoms with van der Waals surface area (Å²) >= 11 is 1.70. The van der Waals surface area contributed by atoms with Crippen molar-refractivity contribution in [1.29, 1.82) is 0 Å². The van der Waals surface area contributed by atoms with Crippen molar-refractivity contribution in [3.63, 3.8) is 0 Å². The first-order chi connectivity index (χ1) is 6.38. The molecule has 0 aliphatic carbocycles. The van der Waals surface area contributed by atoms with E-state index in [4.69, 9.17) is 10.6 Å². The maximum atomic E-state index is 5.46. The number of thiophene rings is 1. The summed E-state index contributed by atoms with van der Waals surface area (Å²) in [4.78, 5) is 0. The van der Waals surface area contributed by atoms with E-state index in [2.05, 4.69) is 22.3 Å². The number of methoxy groups -OCH3 is 1. The molecule has 1 atom stereocenters. The minimum absolute atomic E-state index is 0.265. The van der Waals surface area contributed by atoms with Crippen molar-refractivity contribution in [2.75, 3.05) is 13.7 Å². The molecule has 0 aromatic carbocycles. The lowest BCUT2D eigenvalue weighted by Crippen LogP contribution is -2.27. The van der Waals surface area contributed by atoms with Gasteiger partial charge in [0, 0.05) is 19.8 Å². The van der Waals surface area contributed by atoms with Crippen molar-refractivity contribution >= 4 is 11.3 Å². The van der Waals surface area contributed by atoms with Crippen molar-refractivity contribution < 1.29 is 4.74 Å². The lowest BCUT2D eigenvalue weighted by molar-refractivity contribution is 0.189. The van der Waals surface area contributed by atoms with Crippen LogP contribution in [-0.2, 0) is 4.74 Å². The zero-order valence-electron chi connectivity index (χ0n) is 7.82. The molecule has 3 N–H and O–H groups in total. The average Bonchev–Trinajstić information content (AvgIpc) is 2.65. The van der Waals surface area contributed by atoms with Crippen LogP contribution in [0.1, 0.15) is 24.4 Å². The Kier molecular flexibility index (Phi) is 5.00. The van der Waals surface area contributed by atoms with Gasteiger partial charge in [0.15, 0.2) is 0 Å². The standard InChI is InChI=1S/C9H16N2OS/c1-12-5-2-3-9(11-10)8-4-6-13-7-8/h4,6-7,9,11H,2-3,5,10H2,1H3. The van der Waals surface area contributed by atoms with Gasteiger partial charge in [0.25, 0.3) is 0 Å². The Morgan fingerprint density at radius 2 is 2.54 bits per heavy atom.